The summed E-state index contributed by atoms with van der Waals surface area (Å²) in [6, 6.07) is 15.8. The van der Waals surface area contributed by atoms with Gasteiger partial charge in [-0.25, -0.2) is 13.2 Å². The van der Waals surface area contributed by atoms with Crippen LogP contribution < -0.4 is 10.1 Å². The predicted octanol–water partition coefficient (Wildman–Crippen LogP) is 5.94. The number of benzene rings is 3. The second-order valence-electron chi connectivity index (χ2n) is 7.17. The maximum atomic E-state index is 13.7. The Morgan fingerprint density at radius 1 is 0.970 bits per heavy atom. The molecule has 3 aromatic carbocycles. The van der Waals surface area contributed by atoms with Crippen LogP contribution in [0.4, 0.5) is 19.0 Å². The van der Waals surface area contributed by atoms with Gasteiger partial charge in [-0.1, -0.05) is 24.3 Å². The van der Waals surface area contributed by atoms with E-state index in [-0.39, 0.29) is 18.2 Å². The molecule has 33 heavy (non-hydrogen) atoms. The molecule has 1 aromatic heterocycles. The summed E-state index contributed by atoms with van der Waals surface area (Å²) in [4.78, 5) is 12.7. The fourth-order valence-electron chi connectivity index (χ4n) is 3.08. The molecule has 168 valence electrons. The lowest BCUT2D eigenvalue weighted by Crippen LogP contribution is -2.13. The number of nitrogens with zero attached hydrogens (tertiary/aromatic N) is 2. The Balaban J connectivity index is 1.41. The predicted molar refractivity (Wildman–Crippen MR) is 121 cm³/mol. The third-order valence-corrected chi connectivity index (χ3v) is 5.26. The normalized spacial score (nSPS) is 10.8. The number of rotatable bonds is 7. The van der Waals surface area contributed by atoms with Gasteiger partial charge in [0.2, 0.25) is 0 Å². The molecule has 1 heterocycles. The van der Waals surface area contributed by atoms with E-state index < -0.39 is 17.5 Å². The number of carbonyl (C=O) groups is 1. The molecule has 0 aliphatic carbocycles. The van der Waals surface area contributed by atoms with E-state index in [1.165, 1.54) is 18.2 Å². The second-order valence-corrected chi connectivity index (χ2v) is 8.02. The molecule has 1 N–H and O–H groups in total. The molecule has 4 rings (SSSR count). The third-order valence-electron chi connectivity index (χ3n) is 4.68. The van der Waals surface area contributed by atoms with E-state index in [2.05, 4.69) is 26.3 Å². The fourth-order valence-corrected chi connectivity index (χ4v) is 3.49. The monoisotopic (exact) mass is 515 g/mol. The van der Waals surface area contributed by atoms with Gasteiger partial charge in [0.15, 0.2) is 17.4 Å². The van der Waals surface area contributed by atoms with Crippen molar-refractivity contribution in [1.29, 1.82) is 0 Å². The maximum Gasteiger partial charge on any atom is 0.256 e. The van der Waals surface area contributed by atoms with Gasteiger partial charge in [0.1, 0.15) is 18.2 Å². The van der Waals surface area contributed by atoms with Crippen LogP contribution in [0.15, 0.2) is 77.4 Å². The van der Waals surface area contributed by atoms with Gasteiger partial charge in [0.05, 0.1) is 11.0 Å². The summed E-state index contributed by atoms with van der Waals surface area (Å²) in [5.74, 6) is -1.95. The number of anilines is 1. The zero-order chi connectivity index (χ0) is 23.4. The van der Waals surface area contributed by atoms with Crippen molar-refractivity contribution in [3.63, 3.8) is 0 Å². The van der Waals surface area contributed by atoms with Gasteiger partial charge in [0, 0.05) is 17.8 Å². The zero-order valence-corrected chi connectivity index (χ0v) is 18.7. The molecule has 0 saturated carbocycles. The van der Waals surface area contributed by atoms with E-state index in [9.17, 15) is 18.0 Å². The van der Waals surface area contributed by atoms with Crippen molar-refractivity contribution in [2.75, 3.05) is 5.32 Å². The summed E-state index contributed by atoms with van der Waals surface area (Å²) in [6.07, 6.45) is 1.71. The molecule has 0 atom stereocenters. The molecule has 5 nitrogen and oxygen atoms in total. The smallest absolute Gasteiger partial charge is 0.256 e. The van der Waals surface area contributed by atoms with Gasteiger partial charge in [-0.3, -0.25) is 9.48 Å². The highest BCUT2D eigenvalue weighted by Gasteiger charge is 2.13. The minimum absolute atomic E-state index is 0.000334. The summed E-state index contributed by atoms with van der Waals surface area (Å²) in [5, 5.41) is 7.09. The number of halogens is 4. The van der Waals surface area contributed by atoms with Crippen LogP contribution in [0, 0.1) is 17.5 Å². The van der Waals surface area contributed by atoms with E-state index in [0.717, 1.165) is 17.7 Å². The number of hydrogen-bond acceptors (Lipinski definition) is 3. The van der Waals surface area contributed by atoms with Crippen molar-refractivity contribution in [2.24, 2.45) is 0 Å². The molecule has 0 spiro atoms. The minimum atomic E-state index is -0.801. The number of amides is 1. The van der Waals surface area contributed by atoms with Gasteiger partial charge in [-0.2, -0.15) is 5.10 Å². The highest BCUT2D eigenvalue weighted by Crippen LogP contribution is 2.22. The Kier molecular flexibility index (Phi) is 6.79. The quantitative estimate of drug-likeness (QED) is 0.331. The SMILES string of the molecule is O=C(Nc1nn(Cc2ccc(F)cc2)cc1Br)c1cccc(COc2ccc(F)cc2F)c1. The molecular formula is C24H17BrF3N3O2. The summed E-state index contributed by atoms with van der Waals surface area (Å²) in [6.45, 7) is 0.404. The summed E-state index contributed by atoms with van der Waals surface area (Å²) in [7, 11) is 0. The van der Waals surface area contributed by atoms with Crippen molar-refractivity contribution in [2.45, 2.75) is 13.2 Å². The van der Waals surface area contributed by atoms with Crippen LogP contribution in [-0.4, -0.2) is 15.7 Å². The van der Waals surface area contributed by atoms with Gasteiger partial charge in [0.25, 0.3) is 5.91 Å². The standard InChI is InChI=1S/C24H17BrF3N3O2/c25-20-13-31(12-15-4-6-18(26)7-5-15)30-23(20)29-24(32)17-3-1-2-16(10-17)14-33-22-9-8-19(27)11-21(22)28/h1-11,13H,12,14H2,(H,29,30,32). The van der Waals surface area contributed by atoms with Crippen LogP contribution in [0.2, 0.25) is 0 Å². The highest BCUT2D eigenvalue weighted by molar-refractivity contribution is 9.10. The number of ether oxygens (including phenoxy) is 1. The average Bonchev–Trinajstić information content (AvgIpc) is 3.13. The highest BCUT2D eigenvalue weighted by atomic mass is 79.9. The number of aromatic nitrogens is 2. The number of hydrogen-bond donors (Lipinski definition) is 1. The number of carbonyl (C=O) groups excluding carboxylic acids is 1. The molecule has 0 aliphatic rings. The van der Waals surface area contributed by atoms with Gasteiger partial charge in [-0.15, -0.1) is 0 Å². The molecule has 0 fully saturated rings. The largest absolute Gasteiger partial charge is 0.486 e. The van der Waals surface area contributed by atoms with E-state index >= 15 is 0 Å². The summed E-state index contributed by atoms with van der Waals surface area (Å²) in [5.41, 5.74) is 1.84. The van der Waals surface area contributed by atoms with Crippen LogP contribution in [0.3, 0.4) is 0 Å². The van der Waals surface area contributed by atoms with Crippen LogP contribution in [-0.2, 0) is 13.2 Å². The molecular weight excluding hydrogens is 499 g/mol. The Hall–Kier alpha value is -3.59. The minimum Gasteiger partial charge on any atom is -0.486 e. The average molecular weight is 516 g/mol. The molecule has 1 amide bonds. The lowest BCUT2D eigenvalue weighted by molar-refractivity contribution is 0.102. The molecule has 4 aromatic rings. The Bertz CT molecular complexity index is 1290. The third kappa shape index (κ3) is 5.81. The summed E-state index contributed by atoms with van der Waals surface area (Å²) >= 11 is 3.38. The van der Waals surface area contributed by atoms with Crippen LogP contribution >= 0.6 is 15.9 Å². The molecule has 9 heteroatoms. The van der Waals surface area contributed by atoms with Crippen LogP contribution in [0.1, 0.15) is 21.5 Å². The summed E-state index contributed by atoms with van der Waals surface area (Å²) < 4.78 is 47.4. The fraction of sp³-hybridized carbons (Fsp3) is 0.0833. The van der Waals surface area contributed by atoms with E-state index in [0.29, 0.717) is 28.0 Å². The second kappa shape index (κ2) is 9.91. The topological polar surface area (TPSA) is 56.2 Å². The van der Waals surface area contributed by atoms with Crippen LogP contribution in [0.25, 0.3) is 0 Å². The Morgan fingerprint density at radius 3 is 2.48 bits per heavy atom. The van der Waals surface area contributed by atoms with Crippen molar-refractivity contribution in [3.8, 4) is 5.75 Å². The van der Waals surface area contributed by atoms with E-state index in [1.807, 2.05) is 0 Å². The van der Waals surface area contributed by atoms with Gasteiger partial charge < -0.3 is 10.1 Å². The molecule has 0 radical (unpaired) electrons. The first-order valence-corrected chi connectivity index (χ1v) is 10.6. The van der Waals surface area contributed by atoms with Gasteiger partial charge in [-0.05, 0) is 63.5 Å². The van der Waals surface area contributed by atoms with E-state index in [1.54, 1.807) is 47.3 Å². The Labute approximate surface area is 195 Å². The first-order valence-electron chi connectivity index (χ1n) is 9.83. The van der Waals surface area contributed by atoms with Crippen molar-refractivity contribution >= 4 is 27.7 Å². The molecule has 0 aliphatic heterocycles. The van der Waals surface area contributed by atoms with Crippen molar-refractivity contribution < 1.29 is 22.7 Å². The molecule has 0 saturated heterocycles. The molecule has 0 bridgehead atoms. The Morgan fingerprint density at radius 2 is 1.73 bits per heavy atom. The van der Waals surface area contributed by atoms with Gasteiger partial charge >= 0.3 is 0 Å². The first-order chi connectivity index (χ1) is 15.9. The van der Waals surface area contributed by atoms with Crippen molar-refractivity contribution in [3.05, 3.63) is 112 Å². The van der Waals surface area contributed by atoms with Crippen molar-refractivity contribution in [1.82, 2.24) is 9.78 Å². The first kappa shape index (κ1) is 22.6. The lowest BCUT2D eigenvalue weighted by atomic mass is 10.1. The molecule has 0 unspecified atom stereocenters. The van der Waals surface area contributed by atoms with Crippen LogP contribution in [0.5, 0.6) is 5.75 Å². The number of nitrogens with one attached hydrogen (secondary N) is 1. The zero-order valence-electron chi connectivity index (χ0n) is 17.1. The van der Waals surface area contributed by atoms with E-state index in [4.69, 9.17) is 4.74 Å². The maximum absolute atomic E-state index is 13.7. The lowest BCUT2D eigenvalue weighted by Gasteiger charge is -2.09.